The van der Waals surface area contributed by atoms with Crippen molar-refractivity contribution in [3.8, 4) is 5.69 Å². The van der Waals surface area contributed by atoms with Gasteiger partial charge >= 0.3 is 12.2 Å². The van der Waals surface area contributed by atoms with Gasteiger partial charge in [0.25, 0.3) is 0 Å². The minimum atomic E-state index is -4.48. The molecule has 2 amide bonds. The van der Waals surface area contributed by atoms with Crippen molar-refractivity contribution in [3.05, 3.63) is 52.9 Å². The van der Waals surface area contributed by atoms with Crippen LogP contribution in [0.15, 0.2) is 35.8 Å². The summed E-state index contributed by atoms with van der Waals surface area (Å²) in [5, 5.41) is 9.79. The van der Waals surface area contributed by atoms with Crippen molar-refractivity contribution in [1.82, 2.24) is 14.8 Å². The lowest BCUT2D eigenvalue weighted by Gasteiger charge is -2.09. The molecule has 1 saturated carbocycles. The van der Waals surface area contributed by atoms with Gasteiger partial charge in [0.15, 0.2) is 5.69 Å². The summed E-state index contributed by atoms with van der Waals surface area (Å²) < 4.78 is 40.5. The fraction of sp³-hybridized carbons (Fsp3) is 0.278. The van der Waals surface area contributed by atoms with Crippen molar-refractivity contribution in [2.75, 3.05) is 10.6 Å². The van der Waals surface area contributed by atoms with Crippen molar-refractivity contribution in [3.63, 3.8) is 0 Å². The number of carbonyl (C=O) groups excluding carboxylic acids is 1. The number of nitrogens with zero attached hydrogens (tertiary/aromatic N) is 3. The largest absolute Gasteiger partial charge is 0.435 e. The molecule has 1 aromatic carbocycles. The first kappa shape index (κ1) is 18.5. The minimum Gasteiger partial charge on any atom is -0.308 e. The molecular weight excluding hydrogens is 391 g/mol. The van der Waals surface area contributed by atoms with E-state index in [1.165, 1.54) is 16.0 Å². The molecule has 0 saturated heterocycles. The number of anilines is 2. The van der Waals surface area contributed by atoms with Gasteiger partial charge in [0.1, 0.15) is 5.00 Å². The number of benzene rings is 1. The van der Waals surface area contributed by atoms with Crippen LogP contribution in [0.2, 0.25) is 0 Å². The van der Waals surface area contributed by atoms with Gasteiger partial charge in [0.05, 0.1) is 16.9 Å². The van der Waals surface area contributed by atoms with E-state index in [2.05, 4.69) is 20.7 Å². The lowest BCUT2D eigenvalue weighted by atomic mass is 10.2. The number of urea groups is 1. The molecule has 2 aromatic heterocycles. The van der Waals surface area contributed by atoms with E-state index in [1.54, 1.807) is 36.7 Å². The summed E-state index contributed by atoms with van der Waals surface area (Å²) in [5.41, 5.74) is 3.06. The van der Waals surface area contributed by atoms with E-state index in [0.717, 1.165) is 24.6 Å². The first-order valence-electron chi connectivity index (χ1n) is 8.57. The van der Waals surface area contributed by atoms with E-state index in [4.69, 9.17) is 0 Å². The Balaban J connectivity index is 1.51. The number of amides is 2. The topological polar surface area (TPSA) is 71.8 Å². The van der Waals surface area contributed by atoms with Gasteiger partial charge in [-0.1, -0.05) is 0 Å². The van der Waals surface area contributed by atoms with E-state index in [0.29, 0.717) is 22.1 Å². The Morgan fingerprint density at radius 1 is 1.21 bits per heavy atom. The second-order valence-electron chi connectivity index (χ2n) is 6.53. The number of nitrogens with one attached hydrogen (secondary N) is 2. The van der Waals surface area contributed by atoms with E-state index in [9.17, 15) is 18.0 Å². The third-order valence-electron chi connectivity index (χ3n) is 4.37. The average molecular weight is 407 g/mol. The smallest absolute Gasteiger partial charge is 0.308 e. The van der Waals surface area contributed by atoms with Crippen molar-refractivity contribution in [2.45, 2.75) is 31.9 Å². The molecule has 0 bridgehead atoms. The van der Waals surface area contributed by atoms with Crippen LogP contribution in [0.4, 0.5) is 28.7 Å². The maximum Gasteiger partial charge on any atom is 0.435 e. The lowest BCUT2D eigenvalue weighted by Crippen LogP contribution is -2.19. The Morgan fingerprint density at radius 3 is 2.50 bits per heavy atom. The first-order chi connectivity index (χ1) is 13.3. The predicted octanol–water partition coefficient (Wildman–Crippen LogP) is 5.18. The first-order valence-corrected chi connectivity index (χ1v) is 9.45. The monoisotopic (exact) mass is 407 g/mol. The van der Waals surface area contributed by atoms with Crippen LogP contribution in [0.3, 0.4) is 0 Å². The quantitative estimate of drug-likeness (QED) is 0.626. The molecule has 0 radical (unpaired) electrons. The third kappa shape index (κ3) is 3.86. The highest BCUT2D eigenvalue weighted by Gasteiger charge is 2.38. The molecule has 1 aliphatic rings. The van der Waals surface area contributed by atoms with Gasteiger partial charge < -0.3 is 5.32 Å². The summed E-state index contributed by atoms with van der Waals surface area (Å²) in [6.45, 7) is 1.79. The zero-order valence-corrected chi connectivity index (χ0v) is 15.6. The third-order valence-corrected chi connectivity index (χ3v) is 5.21. The summed E-state index contributed by atoms with van der Waals surface area (Å²) in [5.74, 6) is 0.106. The normalized spacial score (nSPS) is 14.1. The molecule has 6 nitrogen and oxygen atoms in total. The molecule has 28 heavy (non-hydrogen) atoms. The predicted molar refractivity (Wildman–Crippen MR) is 100 cm³/mol. The number of thiazole rings is 1. The number of hydrogen-bond acceptors (Lipinski definition) is 4. The standard InChI is InChI=1S/C18H16F3N5OS/c1-10-16(28-9-22-10)24-17(27)23-12-4-6-13(7-5-12)26-14(11-2-3-11)8-15(25-26)18(19,20)21/h4-9,11H,2-3H2,1H3,(H2,23,24,27). The summed E-state index contributed by atoms with van der Waals surface area (Å²) in [4.78, 5) is 16.1. The van der Waals surface area contributed by atoms with Crippen LogP contribution in [0, 0.1) is 6.92 Å². The van der Waals surface area contributed by atoms with Crippen molar-refractivity contribution in [2.24, 2.45) is 0 Å². The van der Waals surface area contributed by atoms with Crippen LogP contribution < -0.4 is 10.6 Å². The highest BCUT2D eigenvalue weighted by atomic mass is 32.1. The molecule has 0 atom stereocenters. The Bertz CT molecular complexity index is 1010. The van der Waals surface area contributed by atoms with E-state index in [-0.39, 0.29) is 5.92 Å². The zero-order valence-electron chi connectivity index (χ0n) is 14.7. The number of halogens is 3. The molecule has 2 N–H and O–H groups in total. The SMILES string of the molecule is Cc1ncsc1NC(=O)Nc1ccc(-n2nc(C(F)(F)F)cc2C2CC2)cc1. The summed E-state index contributed by atoms with van der Waals surface area (Å²) in [7, 11) is 0. The second-order valence-corrected chi connectivity index (χ2v) is 7.39. The van der Waals surface area contributed by atoms with Crippen molar-refractivity contribution < 1.29 is 18.0 Å². The maximum atomic E-state index is 13.0. The molecule has 0 spiro atoms. The zero-order chi connectivity index (χ0) is 19.9. The van der Waals surface area contributed by atoms with E-state index >= 15 is 0 Å². The highest BCUT2D eigenvalue weighted by Crippen LogP contribution is 2.43. The number of aromatic nitrogens is 3. The second kappa shape index (κ2) is 6.93. The van der Waals surface area contributed by atoms with Crippen molar-refractivity contribution >= 4 is 28.1 Å². The summed E-state index contributed by atoms with van der Waals surface area (Å²) in [6.07, 6.45) is -2.76. The Kier molecular flexibility index (Phi) is 4.58. The minimum absolute atomic E-state index is 0.106. The molecule has 3 aromatic rings. The van der Waals surface area contributed by atoms with Gasteiger partial charge in [-0.15, -0.1) is 11.3 Å². The molecule has 0 aliphatic heterocycles. The Labute approximate surface area is 162 Å². The Morgan fingerprint density at radius 2 is 1.93 bits per heavy atom. The molecule has 1 fully saturated rings. The molecule has 2 heterocycles. The number of rotatable bonds is 4. The average Bonchev–Trinajstić information content (AvgIpc) is 3.25. The van der Waals surface area contributed by atoms with Crippen LogP contribution in [-0.2, 0) is 6.18 Å². The van der Waals surface area contributed by atoms with E-state index < -0.39 is 17.9 Å². The fourth-order valence-electron chi connectivity index (χ4n) is 2.78. The molecule has 10 heteroatoms. The molecule has 4 rings (SSSR count). The van der Waals surface area contributed by atoms with Gasteiger partial charge in [-0.2, -0.15) is 18.3 Å². The molecule has 0 unspecified atom stereocenters. The van der Waals surface area contributed by atoms with Gasteiger partial charge in [-0.3, -0.25) is 5.32 Å². The molecule has 1 aliphatic carbocycles. The van der Waals surface area contributed by atoms with Gasteiger partial charge in [0.2, 0.25) is 0 Å². The van der Waals surface area contributed by atoms with E-state index in [1.807, 2.05) is 0 Å². The van der Waals surface area contributed by atoms with Crippen LogP contribution in [0.25, 0.3) is 5.69 Å². The number of alkyl halides is 3. The summed E-state index contributed by atoms with van der Waals surface area (Å²) >= 11 is 1.32. The van der Waals surface area contributed by atoms with Gasteiger partial charge in [-0.05, 0) is 50.1 Å². The number of hydrogen-bond donors (Lipinski definition) is 2. The summed E-state index contributed by atoms with van der Waals surface area (Å²) in [6, 6.07) is 7.21. The molecular formula is C18H16F3N5OS. The number of aryl methyl sites for hydroxylation is 1. The molecule has 146 valence electrons. The van der Waals surface area contributed by atoms with Crippen LogP contribution in [0.1, 0.15) is 35.8 Å². The van der Waals surface area contributed by atoms with Gasteiger partial charge in [-0.25, -0.2) is 14.5 Å². The van der Waals surface area contributed by atoms with Crippen LogP contribution in [-0.4, -0.2) is 20.8 Å². The number of carbonyl (C=O) groups is 1. The highest BCUT2D eigenvalue weighted by molar-refractivity contribution is 7.14. The van der Waals surface area contributed by atoms with Crippen LogP contribution in [0.5, 0.6) is 0 Å². The fourth-order valence-corrected chi connectivity index (χ4v) is 3.48. The van der Waals surface area contributed by atoms with Crippen LogP contribution >= 0.6 is 11.3 Å². The van der Waals surface area contributed by atoms with Crippen molar-refractivity contribution in [1.29, 1.82) is 0 Å². The lowest BCUT2D eigenvalue weighted by molar-refractivity contribution is -0.141. The van der Waals surface area contributed by atoms with Gasteiger partial charge in [0, 0.05) is 17.3 Å². The Hall–Kier alpha value is -2.88. The maximum absolute atomic E-state index is 13.0.